The number of hydrogen-bond donors (Lipinski definition) is 2. The highest BCUT2D eigenvalue weighted by molar-refractivity contribution is 6.01. The topological polar surface area (TPSA) is 92.9 Å². The number of phenolic OH excluding ortho intramolecular Hbond substituents is 1. The molecule has 0 saturated carbocycles. The number of likely N-dealkylation sites (N-methyl/N-ethyl adjacent to an activating group) is 1. The van der Waals surface area contributed by atoms with Crippen LogP contribution >= 0.6 is 0 Å². The number of nitrogens with two attached hydrogens (primary N) is 1. The van der Waals surface area contributed by atoms with E-state index in [0.29, 0.717) is 6.54 Å². The van der Waals surface area contributed by atoms with Gasteiger partial charge in [-0.05, 0) is 24.6 Å². The van der Waals surface area contributed by atoms with Crippen molar-refractivity contribution < 1.29 is 19.4 Å². The molecule has 0 aromatic heterocycles. The molecule has 6 heteroatoms. The smallest absolute Gasteiger partial charge is 0.332 e. The number of nitrogens with zero attached hydrogens (tertiary/aromatic N) is 1. The van der Waals surface area contributed by atoms with E-state index in [9.17, 15) is 9.59 Å². The predicted molar refractivity (Wildman–Crippen MR) is 69.2 cm³/mol. The zero-order valence-corrected chi connectivity index (χ0v) is 11.0. The molecule has 6 nitrogen and oxygen atoms in total. The molecule has 0 aliphatic rings. The summed E-state index contributed by atoms with van der Waals surface area (Å²) < 4.78 is 4.70. The van der Waals surface area contributed by atoms with Crippen molar-refractivity contribution in [3.63, 3.8) is 0 Å². The van der Waals surface area contributed by atoms with Gasteiger partial charge < -0.3 is 20.5 Å². The van der Waals surface area contributed by atoms with E-state index in [1.165, 1.54) is 17.0 Å². The van der Waals surface area contributed by atoms with Crippen LogP contribution in [0.2, 0.25) is 0 Å². The fourth-order valence-corrected chi connectivity index (χ4v) is 1.52. The Labute approximate surface area is 111 Å². The molecule has 1 unspecified atom stereocenters. The fraction of sp³-hybridized carbons (Fsp3) is 0.385. The Morgan fingerprint density at radius 2 is 1.95 bits per heavy atom. The molecule has 0 aliphatic heterocycles. The molecule has 104 valence electrons. The molecule has 0 heterocycles. The second kappa shape index (κ2) is 6.75. The summed E-state index contributed by atoms with van der Waals surface area (Å²) >= 11 is 0. The number of carbonyl (C=O) groups excluding carboxylic acids is 2. The number of rotatable bonds is 5. The van der Waals surface area contributed by atoms with Gasteiger partial charge in [-0.15, -0.1) is 0 Å². The van der Waals surface area contributed by atoms with Crippen molar-refractivity contribution in [2.75, 3.05) is 13.7 Å². The molecule has 0 bridgehead atoms. The summed E-state index contributed by atoms with van der Waals surface area (Å²) in [5.74, 6) is -1.09. The van der Waals surface area contributed by atoms with Crippen LogP contribution in [0.15, 0.2) is 24.3 Å². The third-order valence-electron chi connectivity index (χ3n) is 2.54. The van der Waals surface area contributed by atoms with Crippen molar-refractivity contribution >= 4 is 11.9 Å². The highest BCUT2D eigenvalue weighted by Gasteiger charge is 2.26. The van der Waals surface area contributed by atoms with Crippen LogP contribution in [-0.2, 0) is 20.9 Å². The lowest BCUT2D eigenvalue weighted by Gasteiger charge is -2.20. The first-order valence-corrected chi connectivity index (χ1v) is 5.90. The summed E-state index contributed by atoms with van der Waals surface area (Å²) in [7, 11) is 1.55. The van der Waals surface area contributed by atoms with Gasteiger partial charge in [-0.25, -0.2) is 4.79 Å². The van der Waals surface area contributed by atoms with Gasteiger partial charge in [0.2, 0.25) is 0 Å². The first-order valence-electron chi connectivity index (χ1n) is 5.90. The summed E-state index contributed by atoms with van der Waals surface area (Å²) in [5, 5.41) is 9.16. The molecular weight excluding hydrogens is 248 g/mol. The van der Waals surface area contributed by atoms with E-state index in [1.807, 2.05) is 0 Å². The lowest BCUT2D eigenvalue weighted by molar-refractivity contribution is -0.150. The normalized spacial score (nSPS) is 11.7. The number of aromatic hydroxyl groups is 1. The van der Waals surface area contributed by atoms with Crippen LogP contribution in [0.25, 0.3) is 0 Å². The molecular formula is C13H18N2O4. The number of carbonyl (C=O) groups is 2. The van der Waals surface area contributed by atoms with Crippen LogP contribution in [-0.4, -0.2) is 41.6 Å². The van der Waals surface area contributed by atoms with E-state index >= 15 is 0 Å². The third kappa shape index (κ3) is 4.26. The Morgan fingerprint density at radius 1 is 1.37 bits per heavy atom. The molecule has 0 spiro atoms. The van der Waals surface area contributed by atoms with E-state index in [1.54, 1.807) is 26.1 Å². The minimum atomic E-state index is -1.30. The Hall–Kier alpha value is -2.08. The van der Waals surface area contributed by atoms with Gasteiger partial charge in [0.25, 0.3) is 5.91 Å². The first-order chi connectivity index (χ1) is 8.95. The molecule has 0 aliphatic carbocycles. The lowest BCUT2D eigenvalue weighted by Crippen LogP contribution is -2.47. The van der Waals surface area contributed by atoms with Crippen molar-refractivity contribution in [2.24, 2.45) is 5.73 Å². The number of hydrogen-bond acceptors (Lipinski definition) is 5. The maximum Gasteiger partial charge on any atom is 0.332 e. The number of phenols is 1. The summed E-state index contributed by atoms with van der Waals surface area (Å²) in [4.78, 5) is 24.6. The quantitative estimate of drug-likeness (QED) is 0.588. The minimum absolute atomic E-state index is 0.154. The van der Waals surface area contributed by atoms with Crippen LogP contribution < -0.4 is 5.73 Å². The maximum atomic E-state index is 11.9. The molecule has 0 saturated heterocycles. The van der Waals surface area contributed by atoms with Crippen LogP contribution in [0.4, 0.5) is 0 Å². The molecule has 1 rings (SSSR count). The average molecular weight is 266 g/mol. The second-order valence-electron chi connectivity index (χ2n) is 4.09. The van der Waals surface area contributed by atoms with E-state index in [2.05, 4.69) is 0 Å². The van der Waals surface area contributed by atoms with Gasteiger partial charge in [0.15, 0.2) is 6.04 Å². The molecule has 3 N–H and O–H groups in total. The largest absolute Gasteiger partial charge is 0.508 e. The lowest BCUT2D eigenvalue weighted by atomic mass is 10.2. The van der Waals surface area contributed by atoms with Gasteiger partial charge in [0, 0.05) is 13.6 Å². The monoisotopic (exact) mass is 266 g/mol. The summed E-state index contributed by atoms with van der Waals surface area (Å²) in [5.41, 5.74) is 6.34. The molecule has 0 fully saturated rings. The SMILES string of the molecule is CCOC(=O)C(N)C(=O)N(C)Cc1ccc(O)cc1. The zero-order chi connectivity index (χ0) is 14.4. The highest BCUT2D eigenvalue weighted by Crippen LogP contribution is 2.11. The average Bonchev–Trinajstić information content (AvgIpc) is 2.39. The highest BCUT2D eigenvalue weighted by atomic mass is 16.5. The Kier molecular flexibility index (Phi) is 5.32. The van der Waals surface area contributed by atoms with E-state index in [4.69, 9.17) is 15.6 Å². The molecule has 1 atom stereocenters. The van der Waals surface area contributed by atoms with Gasteiger partial charge in [0.1, 0.15) is 5.75 Å². The van der Waals surface area contributed by atoms with Crippen LogP contribution in [0.3, 0.4) is 0 Å². The Balaban J connectivity index is 2.62. The predicted octanol–water partition coefficient (Wildman–Crippen LogP) is 0.241. The van der Waals surface area contributed by atoms with Gasteiger partial charge in [-0.1, -0.05) is 12.1 Å². The van der Waals surface area contributed by atoms with Crippen molar-refractivity contribution in [1.82, 2.24) is 4.90 Å². The fourth-order valence-electron chi connectivity index (χ4n) is 1.52. The second-order valence-corrected chi connectivity index (χ2v) is 4.09. The van der Waals surface area contributed by atoms with Crippen LogP contribution in [0.5, 0.6) is 5.75 Å². The molecule has 1 aromatic carbocycles. The molecule has 19 heavy (non-hydrogen) atoms. The van der Waals surface area contributed by atoms with E-state index in [0.717, 1.165) is 5.56 Å². The maximum absolute atomic E-state index is 11.9. The van der Waals surface area contributed by atoms with Crippen LogP contribution in [0, 0.1) is 0 Å². The molecule has 1 amide bonds. The summed E-state index contributed by atoms with van der Waals surface area (Å²) in [6, 6.07) is 5.13. The van der Waals surface area contributed by atoms with Crippen molar-refractivity contribution in [3.05, 3.63) is 29.8 Å². The van der Waals surface area contributed by atoms with Gasteiger partial charge >= 0.3 is 5.97 Å². The van der Waals surface area contributed by atoms with Gasteiger partial charge in [-0.2, -0.15) is 0 Å². The van der Waals surface area contributed by atoms with E-state index in [-0.39, 0.29) is 12.4 Å². The van der Waals surface area contributed by atoms with Gasteiger partial charge in [-0.3, -0.25) is 4.79 Å². The summed E-state index contributed by atoms with van der Waals surface area (Å²) in [6.45, 7) is 2.13. The first kappa shape index (κ1) is 15.0. The minimum Gasteiger partial charge on any atom is -0.508 e. The number of ether oxygens (including phenoxy) is 1. The van der Waals surface area contributed by atoms with E-state index < -0.39 is 17.9 Å². The van der Waals surface area contributed by atoms with Crippen molar-refractivity contribution in [3.8, 4) is 5.75 Å². The van der Waals surface area contributed by atoms with Crippen molar-refractivity contribution in [2.45, 2.75) is 19.5 Å². The third-order valence-corrected chi connectivity index (χ3v) is 2.54. The number of benzene rings is 1. The Morgan fingerprint density at radius 3 is 2.47 bits per heavy atom. The number of esters is 1. The van der Waals surface area contributed by atoms with Crippen molar-refractivity contribution in [1.29, 1.82) is 0 Å². The molecule has 1 aromatic rings. The number of amides is 1. The summed E-state index contributed by atoms with van der Waals surface area (Å²) in [6.07, 6.45) is 0. The standard InChI is InChI=1S/C13H18N2O4/c1-3-19-13(18)11(14)12(17)15(2)8-9-4-6-10(16)7-5-9/h4-7,11,16H,3,8,14H2,1-2H3. The van der Waals surface area contributed by atoms with Crippen LogP contribution in [0.1, 0.15) is 12.5 Å². The Bertz CT molecular complexity index is 444. The van der Waals surface area contributed by atoms with Gasteiger partial charge in [0.05, 0.1) is 6.61 Å². The molecule has 0 radical (unpaired) electrons. The zero-order valence-electron chi connectivity index (χ0n) is 11.0.